The molecule has 0 aliphatic carbocycles. The number of hydrazone groups is 1. The lowest BCUT2D eigenvalue weighted by Gasteiger charge is -2.27. The number of anilines is 1. The Balaban J connectivity index is 1.52. The van der Waals surface area contributed by atoms with E-state index in [1.165, 1.54) is 19.6 Å². The number of carbonyl (C=O) groups is 2. The fourth-order valence-corrected chi connectivity index (χ4v) is 3.55. The van der Waals surface area contributed by atoms with Gasteiger partial charge in [0.1, 0.15) is 11.4 Å². The molecule has 2 heterocycles. The van der Waals surface area contributed by atoms with Crippen LogP contribution in [0.3, 0.4) is 0 Å². The Labute approximate surface area is 192 Å². The van der Waals surface area contributed by atoms with Gasteiger partial charge in [0.2, 0.25) is 5.95 Å². The molecule has 1 aromatic heterocycles. The van der Waals surface area contributed by atoms with Crippen LogP contribution >= 0.6 is 0 Å². The number of piperidine rings is 1. The van der Waals surface area contributed by atoms with Crippen LogP contribution in [0.1, 0.15) is 42.2 Å². The maximum atomic E-state index is 12.8. The van der Waals surface area contributed by atoms with Gasteiger partial charge in [-0.05, 0) is 55.2 Å². The van der Waals surface area contributed by atoms with E-state index in [0.717, 1.165) is 37.1 Å². The first-order valence-corrected chi connectivity index (χ1v) is 10.9. The van der Waals surface area contributed by atoms with Crippen LogP contribution in [0.4, 0.5) is 5.95 Å². The number of amides is 1. The second kappa shape index (κ2) is 10.5. The number of esters is 1. The lowest BCUT2D eigenvalue weighted by molar-refractivity contribution is -0.131. The van der Waals surface area contributed by atoms with E-state index >= 15 is 0 Å². The molecule has 1 aliphatic heterocycles. The topological polar surface area (TPSA) is 96.8 Å². The second-order valence-electron chi connectivity index (χ2n) is 7.71. The first kappa shape index (κ1) is 22.1. The quantitative estimate of drug-likeness (QED) is 0.269. The van der Waals surface area contributed by atoms with E-state index in [1.54, 1.807) is 30.3 Å². The first-order valence-electron chi connectivity index (χ1n) is 10.9. The molecule has 0 saturated carbocycles. The predicted molar refractivity (Wildman–Crippen MR) is 126 cm³/mol. The van der Waals surface area contributed by atoms with Crippen LogP contribution in [0.25, 0.3) is 11.3 Å². The van der Waals surface area contributed by atoms with E-state index in [4.69, 9.17) is 9.72 Å². The third kappa shape index (κ3) is 6.00. The van der Waals surface area contributed by atoms with Gasteiger partial charge in [-0.15, -0.1) is 0 Å². The van der Waals surface area contributed by atoms with Crippen molar-refractivity contribution in [3.05, 3.63) is 71.9 Å². The Morgan fingerprint density at radius 1 is 1.00 bits per heavy atom. The van der Waals surface area contributed by atoms with Crippen molar-refractivity contribution in [2.75, 3.05) is 18.0 Å². The Morgan fingerprint density at radius 3 is 2.42 bits per heavy atom. The van der Waals surface area contributed by atoms with E-state index in [0.29, 0.717) is 17.4 Å². The van der Waals surface area contributed by atoms with E-state index in [2.05, 4.69) is 20.4 Å². The van der Waals surface area contributed by atoms with Gasteiger partial charge in [0.05, 0.1) is 11.9 Å². The van der Waals surface area contributed by atoms with Crippen molar-refractivity contribution in [2.45, 2.75) is 26.2 Å². The monoisotopic (exact) mass is 443 g/mol. The minimum Gasteiger partial charge on any atom is -0.427 e. The molecular weight excluding hydrogens is 418 g/mol. The number of ether oxygens (including phenoxy) is 1. The van der Waals surface area contributed by atoms with Gasteiger partial charge in [0.15, 0.2) is 0 Å². The Hall–Kier alpha value is -4.07. The summed E-state index contributed by atoms with van der Waals surface area (Å²) in [5, 5.41) is 4.05. The Morgan fingerprint density at radius 2 is 1.73 bits per heavy atom. The lowest BCUT2D eigenvalue weighted by atomic mass is 10.1. The summed E-state index contributed by atoms with van der Waals surface area (Å²) in [5.41, 5.74) is 5.15. The van der Waals surface area contributed by atoms with Crippen molar-refractivity contribution >= 4 is 24.0 Å². The molecular formula is C25H25N5O3. The zero-order valence-corrected chi connectivity index (χ0v) is 18.4. The van der Waals surface area contributed by atoms with E-state index in [-0.39, 0.29) is 11.7 Å². The van der Waals surface area contributed by atoms with Crippen molar-refractivity contribution < 1.29 is 14.3 Å². The standard InChI is InChI=1S/C25H25N5O3/c1-18(31)33-21-12-10-19(11-13-21)17-26-29-24(32)23-16-22(20-8-4-2-5-9-20)27-25(28-23)30-14-6-3-7-15-30/h2,4-5,8-13,16-17H,3,6-7,14-15H2,1H3,(H,29,32)/b26-17+. The number of nitrogens with zero attached hydrogens (tertiary/aromatic N) is 4. The largest absolute Gasteiger partial charge is 0.427 e. The van der Waals surface area contributed by atoms with Gasteiger partial charge >= 0.3 is 5.97 Å². The molecule has 33 heavy (non-hydrogen) atoms. The van der Waals surface area contributed by atoms with Crippen LogP contribution in [0, 0.1) is 0 Å². The highest BCUT2D eigenvalue weighted by molar-refractivity contribution is 5.94. The van der Waals surface area contributed by atoms with E-state index < -0.39 is 5.91 Å². The highest BCUT2D eigenvalue weighted by Crippen LogP contribution is 2.23. The first-order chi connectivity index (χ1) is 16.1. The van der Waals surface area contributed by atoms with Gasteiger partial charge in [-0.3, -0.25) is 9.59 Å². The fraction of sp³-hybridized carbons (Fsp3) is 0.240. The smallest absolute Gasteiger partial charge is 0.308 e. The number of hydrogen-bond acceptors (Lipinski definition) is 7. The SMILES string of the molecule is CC(=O)Oc1ccc(/C=N/NC(=O)c2cc(-c3ccccc3)nc(N3CCCCC3)n2)cc1. The molecule has 8 nitrogen and oxygen atoms in total. The summed E-state index contributed by atoms with van der Waals surface area (Å²) in [7, 11) is 0. The van der Waals surface area contributed by atoms with Crippen molar-refractivity contribution in [1.82, 2.24) is 15.4 Å². The zero-order chi connectivity index (χ0) is 23.0. The molecule has 1 amide bonds. The van der Waals surface area contributed by atoms with Crippen LogP contribution in [0.5, 0.6) is 5.75 Å². The zero-order valence-electron chi connectivity index (χ0n) is 18.4. The van der Waals surface area contributed by atoms with Crippen molar-refractivity contribution in [1.29, 1.82) is 0 Å². The van der Waals surface area contributed by atoms with Gasteiger partial charge in [0, 0.05) is 25.6 Å². The number of carbonyl (C=O) groups excluding carboxylic acids is 2. The number of benzene rings is 2. The molecule has 4 rings (SSSR count). The third-order valence-electron chi connectivity index (χ3n) is 5.18. The molecule has 0 unspecified atom stereocenters. The van der Waals surface area contributed by atoms with Crippen LogP contribution in [0.15, 0.2) is 65.8 Å². The Kier molecular flexibility index (Phi) is 7.04. The van der Waals surface area contributed by atoms with Gasteiger partial charge < -0.3 is 9.64 Å². The van der Waals surface area contributed by atoms with Crippen LogP contribution in [-0.2, 0) is 4.79 Å². The van der Waals surface area contributed by atoms with Gasteiger partial charge in [0.25, 0.3) is 5.91 Å². The minimum atomic E-state index is -0.416. The summed E-state index contributed by atoms with van der Waals surface area (Å²) in [6, 6.07) is 18.2. The van der Waals surface area contributed by atoms with Crippen molar-refractivity contribution in [3.63, 3.8) is 0 Å². The molecule has 8 heteroatoms. The maximum absolute atomic E-state index is 12.8. The molecule has 1 saturated heterocycles. The van der Waals surface area contributed by atoms with E-state index in [1.807, 2.05) is 30.3 Å². The summed E-state index contributed by atoms with van der Waals surface area (Å²) in [4.78, 5) is 35.2. The minimum absolute atomic E-state index is 0.256. The van der Waals surface area contributed by atoms with E-state index in [9.17, 15) is 9.59 Å². The predicted octanol–water partition coefficient (Wildman–Crippen LogP) is 3.82. The highest BCUT2D eigenvalue weighted by atomic mass is 16.5. The van der Waals surface area contributed by atoms with Gasteiger partial charge in [-0.25, -0.2) is 15.4 Å². The van der Waals surface area contributed by atoms with Gasteiger partial charge in [-0.1, -0.05) is 30.3 Å². The average Bonchev–Trinajstić information content (AvgIpc) is 2.85. The maximum Gasteiger partial charge on any atom is 0.308 e. The number of rotatable bonds is 6. The number of hydrogen-bond donors (Lipinski definition) is 1. The normalized spacial score (nSPS) is 13.7. The third-order valence-corrected chi connectivity index (χ3v) is 5.18. The summed E-state index contributed by atoms with van der Waals surface area (Å²) in [5.74, 6) is 0.211. The number of nitrogens with one attached hydrogen (secondary N) is 1. The van der Waals surface area contributed by atoms with Crippen LogP contribution in [0.2, 0.25) is 0 Å². The van der Waals surface area contributed by atoms with Crippen LogP contribution < -0.4 is 15.1 Å². The molecule has 2 aromatic carbocycles. The van der Waals surface area contributed by atoms with Crippen molar-refractivity contribution in [3.8, 4) is 17.0 Å². The summed E-state index contributed by atoms with van der Waals surface area (Å²) in [6.45, 7) is 3.10. The Bertz CT molecular complexity index is 1140. The molecule has 3 aromatic rings. The molecule has 0 spiro atoms. The summed E-state index contributed by atoms with van der Waals surface area (Å²) < 4.78 is 5.01. The molecule has 168 valence electrons. The molecule has 0 radical (unpaired) electrons. The summed E-state index contributed by atoms with van der Waals surface area (Å²) >= 11 is 0. The molecule has 0 atom stereocenters. The van der Waals surface area contributed by atoms with Gasteiger partial charge in [-0.2, -0.15) is 5.10 Å². The second-order valence-corrected chi connectivity index (χ2v) is 7.71. The lowest BCUT2D eigenvalue weighted by Crippen LogP contribution is -2.32. The number of aromatic nitrogens is 2. The molecule has 1 fully saturated rings. The van der Waals surface area contributed by atoms with Crippen molar-refractivity contribution in [2.24, 2.45) is 5.10 Å². The molecule has 1 aliphatic rings. The average molecular weight is 444 g/mol. The fourth-order valence-electron chi connectivity index (χ4n) is 3.55. The molecule has 1 N–H and O–H groups in total. The highest BCUT2D eigenvalue weighted by Gasteiger charge is 2.18. The van der Waals surface area contributed by atoms with Crippen LogP contribution in [-0.4, -0.2) is 41.1 Å². The summed E-state index contributed by atoms with van der Waals surface area (Å²) in [6.07, 6.45) is 4.88. The molecule has 0 bridgehead atoms.